The Morgan fingerprint density at radius 1 is 1.31 bits per heavy atom. The van der Waals surface area contributed by atoms with Crippen molar-refractivity contribution < 1.29 is 0 Å². The quantitative estimate of drug-likeness (QED) is 0.553. The number of hydrogen-bond donors (Lipinski definition) is 2. The van der Waals surface area contributed by atoms with Crippen LogP contribution in [0.3, 0.4) is 0 Å². The predicted molar refractivity (Wildman–Crippen MR) is 69.9 cm³/mol. The third-order valence-electron chi connectivity index (χ3n) is 3.10. The first-order valence-electron chi connectivity index (χ1n) is 6.37. The Morgan fingerprint density at radius 2 is 2.00 bits per heavy atom. The van der Waals surface area contributed by atoms with Gasteiger partial charge in [-0.1, -0.05) is 13.3 Å². The molecule has 1 aliphatic heterocycles. The molecule has 4 nitrogen and oxygen atoms in total. The zero-order valence-corrected chi connectivity index (χ0v) is 10.9. The molecule has 4 heteroatoms. The maximum absolute atomic E-state index is 4.11. The Labute approximate surface area is 99.5 Å². The fourth-order valence-electron chi connectivity index (χ4n) is 2.20. The second kappa shape index (κ2) is 7.49. The van der Waals surface area contributed by atoms with E-state index in [1.165, 1.54) is 38.9 Å². The molecule has 0 aromatic carbocycles. The molecule has 0 aromatic heterocycles. The van der Waals surface area contributed by atoms with Crippen molar-refractivity contribution in [2.45, 2.75) is 26.2 Å². The van der Waals surface area contributed by atoms with Crippen molar-refractivity contribution in [3.05, 3.63) is 0 Å². The topological polar surface area (TPSA) is 39.7 Å². The summed E-state index contributed by atoms with van der Waals surface area (Å²) in [4.78, 5) is 6.69. The number of nitrogens with zero attached hydrogens (tertiary/aromatic N) is 2. The number of rotatable bonds is 4. The average molecular weight is 226 g/mol. The summed E-state index contributed by atoms with van der Waals surface area (Å²) < 4.78 is 0. The van der Waals surface area contributed by atoms with Gasteiger partial charge in [-0.2, -0.15) is 0 Å². The van der Waals surface area contributed by atoms with E-state index < -0.39 is 0 Å². The Morgan fingerprint density at radius 3 is 2.56 bits per heavy atom. The SMILES string of the molecule is CN=C(NC)NCC(C)CN1CCCCC1. The van der Waals surface area contributed by atoms with Gasteiger partial charge in [-0.25, -0.2) is 0 Å². The second-order valence-corrected chi connectivity index (χ2v) is 4.67. The molecule has 1 heterocycles. The van der Waals surface area contributed by atoms with Gasteiger partial charge in [0.25, 0.3) is 0 Å². The van der Waals surface area contributed by atoms with Gasteiger partial charge in [0.1, 0.15) is 0 Å². The van der Waals surface area contributed by atoms with Crippen molar-refractivity contribution in [1.82, 2.24) is 15.5 Å². The molecular formula is C12H26N4. The van der Waals surface area contributed by atoms with Crippen LogP contribution in [0.5, 0.6) is 0 Å². The molecule has 16 heavy (non-hydrogen) atoms. The molecule has 1 saturated heterocycles. The first-order valence-corrected chi connectivity index (χ1v) is 6.37. The molecule has 0 amide bonds. The van der Waals surface area contributed by atoms with E-state index in [9.17, 15) is 0 Å². The molecule has 1 atom stereocenters. The van der Waals surface area contributed by atoms with Gasteiger partial charge < -0.3 is 15.5 Å². The van der Waals surface area contributed by atoms with E-state index in [0.717, 1.165) is 12.5 Å². The number of nitrogens with one attached hydrogen (secondary N) is 2. The maximum Gasteiger partial charge on any atom is 0.190 e. The van der Waals surface area contributed by atoms with Gasteiger partial charge in [0, 0.05) is 27.2 Å². The van der Waals surface area contributed by atoms with E-state index in [1.54, 1.807) is 7.05 Å². The van der Waals surface area contributed by atoms with Crippen LogP contribution in [0.1, 0.15) is 26.2 Å². The van der Waals surface area contributed by atoms with E-state index in [-0.39, 0.29) is 0 Å². The Hall–Kier alpha value is -0.770. The monoisotopic (exact) mass is 226 g/mol. The number of aliphatic imine (C=N–C) groups is 1. The number of likely N-dealkylation sites (tertiary alicyclic amines) is 1. The van der Waals surface area contributed by atoms with Gasteiger partial charge in [-0.3, -0.25) is 4.99 Å². The van der Waals surface area contributed by atoms with E-state index >= 15 is 0 Å². The van der Waals surface area contributed by atoms with Crippen molar-refractivity contribution in [1.29, 1.82) is 0 Å². The van der Waals surface area contributed by atoms with E-state index in [4.69, 9.17) is 0 Å². The summed E-state index contributed by atoms with van der Waals surface area (Å²) in [5.41, 5.74) is 0. The third-order valence-corrected chi connectivity index (χ3v) is 3.10. The standard InChI is InChI=1S/C12H26N4/c1-11(9-15-12(13-2)14-3)10-16-7-5-4-6-8-16/h11H,4-10H2,1-3H3,(H2,13,14,15). The summed E-state index contributed by atoms with van der Waals surface area (Å²) in [5.74, 6) is 1.55. The van der Waals surface area contributed by atoms with Crippen LogP contribution in [0.25, 0.3) is 0 Å². The minimum atomic E-state index is 0.670. The van der Waals surface area contributed by atoms with Gasteiger partial charge >= 0.3 is 0 Å². The Balaban J connectivity index is 2.16. The average Bonchev–Trinajstić information content (AvgIpc) is 2.31. The van der Waals surface area contributed by atoms with E-state index in [1.807, 2.05) is 7.05 Å². The van der Waals surface area contributed by atoms with Crippen LogP contribution < -0.4 is 10.6 Å². The van der Waals surface area contributed by atoms with Crippen molar-refractivity contribution in [2.24, 2.45) is 10.9 Å². The molecule has 2 N–H and O–H groups in total. The molecule has 1 unspecified atom stereocenters. The highest BCUT2D eigenvalue weighted by Crippen LogP contribution is 2.10. The summed E-state index contributed by atoms with van der Waals surface area (Å²) in [6.45, 7) is 7.05. The summed E-state index contributed by atoms with van der Waals surface area (Å²) in [7, 11) is 3.69. The van der Waals surface area contributed by atoms with E-state index in [0.29, 0.717) is 5.92 Å². The smallest absolute Gasteiger partial charge is 0.190 e. The number of piperidine rings is 1. The molecular weight excluding hydrogens is 200 g/mol. The molecule has 0 spiro atoms. The van der Waals surface area contributed by atoms with Crippen LogP contribution in [0.15, 0.2) is 4.99 Å². The van der Waals surface area contributed by atoms with Crippen LogP contribution in [-0.4, -0.2) is 51.1 Å². The van der Waals surface area contributed by atoms with Gasteiger partial charge in [0.05, 0.1) is 0 Å². The lowest BCUT2D eigenvalue weighted by molar-refractivity contribution is 0.201. The van der Waals surface area contributed by atoms with Crippen LogP contribution in [0, 0.1) is 5.92 Å². The van der Waals surface area contributed by atoms with Crippen LogP contribution >= 0.6 is 0 Å². The molecule has 94 valence electrons. The molecule has 1 fully saturated rings. The zero-order chi connectivity index (χ0) is 11.8. The second-order valence-electron chi connectivity index (χ2n) is 4.67. The minimum absolute atomic E-state index is 0.670. The molecule has 0 aliphatic carbocycles. The first kappa shape index (κ1) is 13.3. The Bertz CT molecular complexity index is 209. The Kier molecular flexibility index (Phi) is 6.23. The number of guanidine groups is 1. The summed E-state index contributed by atoms with van der Waals surface area (Å²) in [6.07, 6.45) is 4.16. The van der Waals surface area contributed by atoms with Crippen molar-refractivity contribution in [3.63, 3.8) is 0 Å². The highest BCUT2D eigenvalue weighted by Gasteiger charge is 2.13. The normalized spacial score (nSPS) is 20.6. The maximum atomic E-state index is 4.11. The molecule has 0 saturated carbocycles. The van der Waals surface area contributed by atoms with Gasteiger partial charge in [0.15, 0.2) is 5.96 Å². The number of hydrogen-bond acceptors (Lipinski definition) is 2. The van der Waals surface area contributed by atoms with Crippen molar-refractivity contribution in [2.75, 3.05) is 40.3 Å². The lowest BCUT2D eigenvalue weighted by atomic mass is 10.1. The predicted octanol–water partition coefficient (Wildman–Crippen LogP) is 0.903. The van der Waals surface area contributed by atoms with E-state index in [2.05, 4.69) is 27.4 Å². The first-order chi connectivity index (χ1) is 7.76. The van der Waals surface area contributed by atoms with Crippen LogP contribution in [-0.2, 0) is 0 Å². The van der Waals surface area contributed by atoms with Crippen molar-refractivity contribution >= 4 is 5.96 Å². The third kappa shape index (κ3) is 4.84. The highest BCUT2D eigenvalue weighted by atomic mass is 15.2. The van der Waals surface area contributed by atoms with Gasteiger partial charge in [-0.05, 0) is 31.8 Å². The van der Waals surface area contributed by atoms with Crippen LogP contribution in [0.4, 0.5) is 0 Å². The summed E-state index contributed by atoms with van der Waals surface area (Å²) in [5, 5.41) is 6.36. The summed E-state index contributed by atoms with van der Waals surface area (Å²) in [6, 6.07) is 0. The lowest BCUT2D eigenvalue weighted by Gasteiger charge is -2.29. The fraction of sp³-hybridized carbons (Fsp3) is 0.917. The summed E-state index contributed by atoms with van der Waals surface area (Å²) >= 11 is 0. The van der Waals surface area contributed by atoms with Gasteiger partial charge in [-0.15, -0.1) is 0 Å². The van der Waals surface area contributed by atoms with Crippen LogP contribution in [0.2, 0.25) is 0 Å². The molecule has 1 aliphatic rings. The lowest BCUT2D eigenvalue weighted by Crippen LogP contribution is -2.41. The molecule has 0 radical (unpaired) electrons. The minimum Gasteiger partial charge on any atom is -0.359 e. The molecule has 0 bridgehead atoms. The molecule has 0 aromatic rings. The fourth-order valence-corrected chi connectivity index (χ4v) is 2.20. The van der Waals surface area contributed by atoms with Crippen molar-refractivity contribution in [3.8, 4) is 0 Å². The molecule has 1 rings (SSSR count). The highest BCUT2D eigenvalue weighted by molar-refractivity contribution is 5.79. The van der Waals surface area contributed by atoms with Gasteiger partial charge in [0.2, 0.25) is 0 Å². The zero-order valence-electron chi connectivity index (χ0n) is 10.9. The largest absolute Gasteiger partial charge is 0.359 e.